The van der Waals surface area contributed by atoms with E-state index in [0.29, 0.717) is 35.9 Å². The van der Waals surface area contributed by atoms with E-state index in [1.807, 2.05) is 37.3 Å². The predicted octanol–water partition coefficient (Wildman–Crippen LogP) is 2.68. The number of carbonyl (C=O) groups is 1. The van der Waals surface area contributed by atoms with E-state index in [-0.39, 0.29) is 5.91 Å². The number of rotatable bonds is 9. The molecular weight excluding hydrogens is 466 g/mol. The molecule has 1 saturated heterocycles. The summed E-state index contributed by atoms with van der Waals surface area (Å²) in [5, 5.41) is 34.6. The first kappa shape index (κ1) is 25.8. The van der Waals surface area contributed by atoms with Gasteiger partial charge in [0.2, 0.25) is 5.91 Å². The van der Waals surface area contributed by atoms with E-state index in [1.165, 1.54) is 18.7 Å². The van der Waals surface area contributed by atoms with Gasteiger partial charge in [-0.2, -0.15) is 0 Å². The smallest absolute Gasteiger partial charge is 0.216 e. The largest absolute Gasteiger partial charge is 0.494 e. The van der Waals surface area contributed by atoms with Crippen LogP contribution in [-0.2, 0) is 16.0 Å². The average Bonchev–Trinajstić information content (AvgIpc) is 2.79. The van der Waals surface area contributed by atoms with Crippen LogP contribution in [0.15, 0.2) is 42.5 Å². The molecule has 0 saturated carbocycles. The normalized spacial score (nSPS) is 25.0. The highest BCUT2D eigenvalue weighted by Gasteiger charge is 2.44. The standard InChI is InChI=1S/C24H30ClNO6S/c1-3-31-18-7-4-15(5-8-18)12-17-13-16(6-9-19(17)25)23-21(29)20(28)22(30)24(32-23)33-11-10-26-14(2)27/h4-9,13,20-24,28-30H,3,10-12H2,1-2H3,(H,26,27). The number of aliphatic hydroxyl groups is 3. The minimum atomic E-state index is -1.37. The predicted molar refractivity (Wildman–Crippen MR) is 129 cm³/mol. The van der Waals surface area contributed by atoms with E-state index >= 15 is 0 Å². The lowest BCUT2D eigenvalue weighted by atomic mass is 9.92. The molecule has 7 nitrogen and oxygen atoms in total. The number of carbonyl (C=O) groups excluding carboxylic acids is 1. The lowest BCUT2D eigenvalue weighted by molar-refractivity contribution is -0.200. The number of benzene rings is 2. The third-order valence-electron chi connectivity index (χ3n) is 5.35. The molecule has 1 heterocycles. The number of hydrogen-bond acceptors (Lipinski definition) is 7. The molecule has 0 aromatic heterocycles. The molecular formula is C24H30ClNO6S. The summed E-state index contributed by atoms with van der Waals surface area (Å²) >= 11 is 7.71. The van der Waals surface area contributed by atoms with Crippen LogP contribution in [-0.4, -0.2) is 63.9 Å². The van der Waals surface area contributed by atoms with Crippen molar-refractivity contribution in [3.63, 3.8) is 0 Å². The zero-order valence-corrected chi connectivity index (χ0v) is 20.2. The van der Waals surface area contributed by atoms with Gasteiger partial charge < -0.3 is 30.1 Å². The fourth-order valence-corrected chi connectivity index (χ4v) is 4.85. The number of nitrogens with one attached hydrogen (secondary N) is 1. The van der Waals surface area contributed by atoms with Crippen LogP contribution in [0.5, 0.6) is 5.75 Å². The van der Waals surface area contributed by atoms with Gasteiger partial charge in [-0.25, -0.2) is 0 Å². The maximum Gasteiger partial charge on any atom is 0.216 e. The summed E-state index contributed by atoms with van der Waals surface area (Å²) in [6.07, 6.45) is -4.19. The average molecular weight is 496 g/mol. The molecule has 9 heteroatoms. The Labute approximate surface area is 203 Å². The molecule has 3 rings (SSSR count). The minimum absolute atomic E-state index is 0.143. The quantitative estimate of drug-likeness (QED) is 0.396. The second kappa shape index (κ2) is 12.1. The van der Waals surface area contributed by atoms with Gasteiger partial charge in [0, 0.05) is 24.2 Å². The van der Waals surface area contributed by atoms with Crippen LogP contribution in [0.3, 0.4) is 0 Å². The van der Waals surface area contributed by atoms with E-state index < -0.39 is 29.9 Å². The molecule has 0 radical (unpaired) electrons. The van der Waals surface area contributed by atoms with Crippen LogP contribution in [0.2, 0.25) is 5.02 Å². The van der Waals surface area contributed by atoms with Gasteiger partial charge in [0.25, 0.3) is 0 Å². The molecule has 1 aliphatic heterocycles. The van der Waals surface area contributed by atoms with Gasteiger partial charge in [0.05, 0.1) is 6.61 Å². The third-order valence-corrected chi connectivity index (χ3v) is 6.88. The van der Waals surface area contributed by atoms with Crippen LogP contribution in [0.4, 0.5) is 0 Å². The lowest BCUT2D eigenvalue weighted by Crippen LogP contribution is -2.53. The Morgan fingerprint density at radius 1 is 1.12 bits per heavy atom. The van der Waals surface area contributed by atoms with Gasteiger partial charge in [-0.05, 0) is 48.2 Å². The van der Waals surface area contributed by atoms with Crippen molar-refractivity contribution in [2.24, 2.45) is 0 Å². The SMILES string of the molecule is CCOc1ccc(Cc2cc(C3OC(SCCNC(C)=O)C(O)C(O)C3O)ccc2Cl)cc1. The summed E-state index contributed by atoms with van der Waals surface area (Å²) in [7, 11) is 0. The molecule has 0 aliphatic carbocycles. The minimum Gasteiger partial charge on any atom is -0.494 e. The third kappa shape index (κ3) is 6.85. The van der Waals surface area contributed by atoms with Gasteiger partial charge >= 0.3 is 0 Å². The van der Waals surface area contributed by atoms with Crippen molar-refractivity contribution in [2.45, 2.75) is 50.1 Å². The zero-order chi connectivity index (χ0) is 24.0. The molecule has 1 amide bonds. The number of hydrogen-bond donors (Lipinski definition) is 4. The summed E-state index contributed by atoms with van der Waals surface area (Å²) in [4.78, 5) is 11.0. The van der Waals surface area contributed by atoms with E-state index in [1.54, 1.807) is 12.1 Å². The Bertz CT molecular complexity index is 928. The number of aliphatic hydroxyl groups excluding tert-OH is 3. The van der Waals surface area contributed by atoms with Gasteiger partial charge in [0.1, 0.15) is 35.6 Å². The Balaban J connectivity index is 1.74. The van der Waals surface area contributed by atoms with E-state index in [4.69, 9.17) is 21.1 Å². The van der Waals surface area contributed by atoms with Crippen molar-refractivity contribution in [2.75, 3.05) is 18.9 Å². The van der Waals surface area contributed by atoms with Crippen molar-refractivity contribution in [1.82, 2.24) is 5.32 Å². The molecule has 2 aromatic rings. The summed E-state index contributed by atoms with van der Waals surface area (Å²) < 4.78 is 11.5. The van der Waals surface area contributed by atoms with Crippen molar-refractivity contribution in [1.29, 1.82) is 0 Å². The van der Waals surface area contributed by atoms with Gasteiger partial charge in [-0.1, -0.05) is 35.9 Å². The van der Waals surface area contributed by atoms with Crippen LogP contribution in [0.1, 0.15) is 36.6 Å². The lowest BCUT2D eigenvalue weighted by Gasteiger charge is -2.40. The molecule has 1 aliphatic rings. The van der Waals surface area contributed by atoms with Crippen molar-refractivity contribution in [3.8, 4) is 5.75 Å². The molecule has 5 atom stereocenters. The van der Waals surface area contributed by atoms with Crippen molar-refractivity contribution >= 4 is 29.3 Å². The summed E-state index contributed by atoms with van der Waals surface area (Å²) in [5.41, 5.74) is 1.80. The summed E-state index contributed by atoms with van der Waals surface area (Å²) in [5.74, 6) is 1.14. The highest BCUT2D eigenvalue weighted by Crippen LogP contribution is 2.37. The molecule has 2 aromatic carbocycles. The van der Waals surface area contributed by atoms with Crippen LogP contribution in [0.25, 0.3) is 0 Å². The number of thioether (sulfide) groups is 1. The van der Waals surface area contributed by atoms with Crippen LogP contribution in [0, 0.1) is 0 Å². The van der Waals surface area contributed by atoms with E-state index in [0.717, 1.165) is 16.9 Å². The van der Waals surface area contributed by atoms with Crippen LogP contribution >= 0.6 is 23.4 Å². The summed E-state index contributed by atoms with van der Waals surface area (Å²) in [6.45, 7) is 4.37. The highest BCUT2D eigenvalue weighted by molar-refractivity contribution is 7.99. The Hall–Kier alpha value is -1.81. The fraction of sp³-hybridized carbons (Fsp3) is 0.458. The number of ether oxygens (including phenoxy) is 2. The first-order valence-electron chi connectivity index (χ1n) is 10.9. The van der Waals surface area contributed by atoms with E-state index in [9.17, 15) is 20.1 Å². The topological polar surface area (TPSA) is 108 Å². The molecule has 4 N–H and O–H groups in total. The molecule has 1 fully saturated rings. The van der Waals surface area contributed by atoms with Crippen LogP contribution < -0.4 is 10.1 Å². The maximum atomic E-state index is 11.0. The molecule has 0 bridgehead atoms. The first-order valence-corrected chi connectivity index (χ1v) is 12.3. The Morgan fingerprint density at radius 2 is 1.85 bits per heavy atom. The van der Waals surface area contributed by atoms with Crippen molar-refractivity contribution in [3.05, 3.63) is 64.2 Å². The Morgan fingerprint density at radius 3 is 2.52 bits per heavy atom. The fourth-order valence-electron chi connectivity index (χ4n) is 3.66. The van der Waals surface area contributed by atoms with Gasteiger partial charge in [0.15, 0.2) is 0 Å². The van der Waals surface area contributed by atoms with Gasteiger partial charge in [-0.3, -0.25) is 4.79 Å². The zero-order valence-electron chi connectivity index (χ0n) is 18.6. The second-order valence-electron chi connectivity index (χ2n) is 7.86. The number of halogens is 1. The van der Waals surface area contributed by atoms with Crippen molar-refractivity contribution < 1.29 is 29.6 Å². The highest BCUT2D eigenvalue weighted by atomic mass is 35.5. The molecule has 5 unspecified atom stereocenters. The first-order chi connectivity index (χ1) is 15.8. The monoisotopic (exact) mass is 495 g/mol. The van der Waals surface area contributed by atoms with Gasteiger partial charge in [-0.15, -0.1) is 11.8 Å². The second-order valence-corrected chi connectivity index (χ2v) is 9.47. The van der Waals surface area contributed by atoms with E-state index in [2.05, 4.69) is 5.32 Å². The molecule has 180 valence electrons. The molecule has 33 heavy (non-hydrogen) atoms. The maximum absolute atomic E-state index is 11.0. The Kier molecular flexibility index (Phi) is 9.43. The molecule has 0 spiro atoms. The number of amides is 1. The summed E-state index contributed by atoms with van der Waals surface area (Å²) in [6, 6.07) is 13.1.